The molecule has 0 radical (unpaired) electrons. The van der Waals surface area contributed by atoms with Gasteiger partial charge >= 0.3 is 0 Å². The first-order valence-electron chi connectivity index (χ1n) is 7.32. The molecule has 2 heteroatoms. The van der Waals surface area contributed by atoms with Crippen molar-refractivity contribution in [2.24, 2.45) is 11.7 Å². The highest BCUT2D eigenvalue weighted by atomic mass is 15.2. The summed E-state index contributed by atoms with van der Waals surface area (Å²) >= 11 is 0. The molecule has 3 rings (SSSR count). The summed E-state index contributed by atoms with van der Waals surface area (Å²) in [6, 6.07) is 9.69. The summed E-state index contributed by atoms with van der Waals surface area (Å²) in [6.07, 6.45) is 3.92. The summed E-state index contributed by atoms with van der Waals surface area (Å²) in [7, 11) is 0. The Morgan fingerprint density at radius 3 is 2.67 bits per heavy atom. The molecule has 3 unspecified atom stereocenters. The summed E-state index contributed by atoms with van der Waals surface area (Å²) < 4.78 is 0. The molecule has 18 heavy (non-hydrogen) atoms. The second-order valence-corrected chi connectivity index (χ2v) is 6.01. The van der Waals surface area contributed by atoms with Gasteiger partial charge in [-0.1, -0.05) is 31.2 Å². The molecule has 0 bridgehead atoms. The van der Waals surface area contributed by atoms with Crippen molar-refractivity contribution in [3.63, 3.8) is 0 Å². The van der Waals surface area contributed by atoms with Gasteiger partial charge in [0.2, 0.25) is 0 Å². The van der Waals surface area contributed by atoms with Crippen LogP contribution in [0.3, 0.4) is 0 Å². The molecule has 2 aliphatic rings. The Labute approximate surface area is 110 Å². The first-order chi connectivity index (χ1) is 8.79. The fourth-order valence-corrected chi connectivity index (χ4v) is 3.70. The fraction of sp³-hybridized carbons (Fsp3) is 0.625. The van der Waals surface area contributed by atoms with Crippen molar-refractivity contribution in [2.45, 2.75) is 38.1 Å². The van der Waals surface area contributed by atoms with Crippen LogP contribution in [0.1, 0.15) is 49.3 Å². The zero-order valence-corrected chi connectivity index (χ0v) is 11.3. The molecule has 2 nitrogen and oxygen atoms in total. The molecule has 0 aromatic heterocycles. The molecule has 0 spiro atoms. The lowest BCUT2D eigenvalue weighted by atomic mass is 9.80. The van der Waals surface area contributed by atoms with E-state index in [0.717, 1.165) is 18.4 Å². The van der Waals surface area contributed by atoms with Crippen molar-refractivity contribution in [3.8, 4) is 0 Å². The van der Waals surface area contributed by atoms with Crippen LogP contribution in [0.2, 0.25) is 0 Å². The summed E-state index contributed by atoms with van der Waals surface area (Å²) in [5.74, 6) is 1.45. The van der Waals surface area contributed by atoms with E-state index < -0.39 is 0 Å². The van der Waals surface area contributed by atoms with Gasteiger partial charge in [0, 0.05) is 12.6 Å². The van der Waals surface area contributed by atoms with Gasteiger partial charge in [0.25, 0.3) is 0 Å². The largest absolute Gasteiger partial charge is 0.330 e. The number of benzene rings is 1. The lowest BCUT2D eigenvalue weighted by molar-refractivity contribution is 0.209. The highest BCUT2D eigenvalue weighted by molar-refractivity contribution is 5.35. The van der Waals surface area contributed by atoms with Crippen molar-refractivity contribution in [1.82, 2.24) is 4.90 Å². The van der Waals surface area contributed by atoms with E-state index in [9.17, 15) is 0 Å². The summed E-state index contributed by atoms with van der Waals surface area (Å²) in [4.78, 5) is 2.67. The third kappa shape index (κ3) is 2.08. The number of rotatable bonds is 2. The van der Waals surface area contributed by atoms with Gasteiger partial charge in [0.15, 0.2) is 0 Å². The van der Waals surface area contributed by atoms with Crippen LogP contribution in [-0.2, 0) is 0 Å². The summed E-state index contributed by atoms with van der Waals surface area (Å²) in [5, 5.41) is 0. The number of fused-ring (bicyclic) bond motifs is 1. The van der Waals surface area contributed by atoms with E-state index in [2.05, 4.69) is 36.1 Å². The third-order valence-corrected chi connectivity index (χ3v) is 4.85. The van der Waals surface area contributed by atoms with Crippen molar-refractivity contribution in [2.75, 3.05) is 19.6 Å². The van der Waals surface area contributed by atoms with Crippen molar-refractivity contribution >= 4 is 0 Å². The van der Waals surface area contributed by atoms with E-state index in [1.54, 1.807) is 11.1 Å². The topological polar surface area (TPSA) is 29.3 Å². The van der Waals surface area contributed by atoms with E-state index in [4.69, 9.17) is 5.73 Å². The minimum absolute atomic E-state index is 0.647. The molecule has 98 valence electrons. The Bertz CT molecular complexity index is 415. The van der Waals surface area contributed by atoms with Crippen LogP contribution < -0.4 is 5.73 Å². The highest BCUT2D eigenvalue weighted by Gasteiger charge is 2.32. The van der Waals surface area contributed by atoms with Gasteiger partial charge in [-0.2, -0.15) is 0 Å². The van der Waals surface area contributed by atoms with Crippen LogP contribution in [-0.4, -0.2) is 24.5 Å². The van der Waals surface area contributed by atoms with Gasteiger partial charge in [-0.3, -0.25) is 4.90 Å². The van der Waals surface area contributed by atoms with Crippen LogP contribution in [0.5, 0.6) is 0 Å². The second kappa shape index (κ2) is 5.02. The summed E-state index contributed by atoms with van der Waals surface area (Å²) in [5.41, 5.74) is 8.97. The third-order valence-electron chi connectivity index (χ3n) is 4.85. The lowest BCUT2D eigenvalue weighted by Gasteiger charge is -2.35. The predicted octanol–water partition coefficient (Wildman–Crippen LogP) is 2.91. The molecule has 1 saturated heterocycles. The maximum Gasteiger partial charge on any atom is 0.0351 e. The smallest absolute Gasteiger partial charge is 0.0351 e. The zero-order chi connectivity index (χ0) is 12.5. The number of hydrogen-bond donors (Lipinski definition) is 1. The Hall–Kier alpha value is -0.860. The van der Waals surface area contributed by atoms with E-state index in [-0.39, 0.29) is 0 Å². The van der Waals surface area contributed by atoms with Crippen LogP contribution >= 0.6 is 0 Å². The second-order valence-electron chi connectivity index (χ2n) is 6.01. The molecule has 1 aromatic carbocycles. The zero-order valence-electron chi connectivity index (χ0n) is 11.3. The van der Waals surface area contributed by atoms with Gasteiger partial charge < -0.3 is 5.73 Å². The molecule has 1 aromatic rings. The monoisotopic (exact) mass is 244 g/mol. The molecule has 1 aliphatic heterocycles. The van der Waals surface area contributed by atoms with Crippen molar-refractivity contribution in [3.05, 3.63) is 35.4 Å². The minimum Gasteiger partial charge on any atom is -0.330 e. The number of hydrogen-bond acceptors (Lipinski definition) is 2. The summed E-state index contributed by atoms with van der Waals surface area (Å²) in [6.45, 7) is 5.64. The number of nitrogens with two attached hydrogens (primary N) is 1. The van der Waals surface area contributed by atoms with Crippen LogP contribution in [0.15, 0.2) is 24.3 Å². The van der Waals surface area contributed by atoms with Gasteiger partial charge in [-0.25, -0.2) is 0 Å². The molecule has 1 aliphatic carbocycles. The Morgan fingerprint density at radius 1 is 1.17 bits per heavy atom. The molecule has 2 N–H and O–H groups in total. The van der Waals surface area contributed by atoms with Gasteiger partial charge in [-0.15, -0.1) is 0 Å². The normalized spacial score (nSPS) is 32.4. The maximum atomic E-state index is 5.82. The van der Waals surface area contributed by atoms with Gasteiger partial charge in [0.05, 0.1) is 0 Å². The lowest BCUT2D eigenvalue weighted by Crippen LogP contribution is -2.31. The fourth-order valence-electron chi connectivity index (χ4n) is 3.70. The molecule has 1 fully saturated rings. The van der Waals surface area contributed by atoms with Crippen LogP contribution in [0, 0.1) is 5.92 Å². The van der Waals surface area contributed by atoms with Crippen molar-refractivity contribution < 1.29 is 0 Å². The average Bonchev–Trinajstić information content (AvgIpc) is 2.88. The molecular formula is C16H24N2. The highest BCUT2D eigenvalue weighted by Crippen LogP contribution is 2.41. The standard InChI is InChI=1S/C16H24N2/c1-12-6-7-16(15-5-3-2-4-14(12)15)18-9-8-13(10-17)11-18/h2-5,12-13,16H,6-11,17H2,1H3. The Morgan fingerprint density at radius 2 is 1.94 bits per heavy atom. The van der Waals surface area contributed by atoms with E-state index >= 15 is 0 Å². The molecule has 0 saturated carbocycles. The first-order valence-corrected chi connectivity index (χ1v) is 7.32. The van der Waals surface area contributed by atoms with Crippen LogP contribution in [0.25, 0.3) is 0 Å². The Balaban J connectivity index is 1.84. The SMILES string of the molecule is CC1CCC(N2CCC(CN)C2)c2ccccc21. The predicted molar refractivity (Wildman–Crippen MR) is 75.6 cm³/mol. The van der Waals surface area contributed by atoms with Gasteiger partial charge in [-0.05, 0) is 55.3 Å². The quantitative estimate of drug-likeness (QED) is 0.866. The number of nitrogens with zero attached hydrogens (tertiary/aromatic N) is 1. The molecule has 3 atom stereocenters. The Kier molecular flexibility index (Phi) is 3.40. The minimum atomic E-state index is 0.647. The van der Waals surface area contributed by atoms with Crippen molar-refractivity contribution in [1.29, 1.82) is 0 Å². The first kappa shape index (κ1) is 12.2. The maximum absolute atomic E-state index is 5.82. The van der Waals surface area contributed by atoms with E-state index in [1.807, 2.05) is 0 Å². The molecule has 0 amide bonds. The number of likely N-dealkylation sites (tertiary alicyclic amines) is 1. The molecular weight excluding hydrogens is 220 g/mol. The average molecular weight is 244 g/mol. The van der Waals surface area contributed by atoms with Crippen LogP contribution in [0.4, 0.5) is 0 Å². The van der Waals surface area contributed by atoms with E-state index in [0.29, 0.717) is 6.04 Å². The molecule has 1 heterocycles. The van der Waals surface area contributed by atoms with E-state index in [1.165, 1.54) is 32.4 Å². The van der Waals surface area contributed by atoms with Gasteiger partial charge in [0.1, 0.15) is 0 Å².